The maximum atomic E-state index is 12.0. The van der Waals surface area contributed by atoms with Crippen LogP contribution in [0.3, 0.4) is 0 Å². The van der Waals surface area contributed by atoms with Crippen LogP contribution in [0.25, 0.3) is 0 Å². The van der Waals surface area contributed by atoms with E-state index in [1.54, 1.807) is 7.11 Å². The van der Waals surface area contributed by atoms with Gasteiger partial charge in [0.2, 0.25) is 5.91 Å². The van der Waals surface area contributed by atoms with Crippen LogP contribution in [-0.2, 0) is 14.3 Å². The van der Waals surface area contributed by atoms with E-state index >= 15 is 0 Å². The highest BCUT2D eigenvalue weighted by molar-refractivity contribution is 5.85. The molecule has 0 unspecified atom stereocenters. The molecule has 1 rings (SSSR count). The number of carbonyl (C=O) groups is 1. The van der Waals surface area contributed by atoms with Crippen LogP contribution < -0.4 is 5.32 Å². The number of ether oxygens (including phenoxy) is 2. The standard InChI is InChI=1S/C14H29N3O3.2ClH/c1-13(2)20-11-9-16-5-7-17(8-6-16)14(18)12-15-4-10-19-3;;/h13,15H,4-12H2,1-3H3;2*1H. The van der Waals surface area contributed by atoms with Crippen molar-refractivity contribution in [3.8, 4) is 0 Å². The lowest BCUT2D eigenvalue weighted by Gasteiger charge is -2.34. The summed E-state index contributed by atoms with van der Waals surface area (Å²) in [6, 6.07) is 0. The second kappa shape index (κ2) is 14.5. The summed E-state index contributed by atoms with van der Waals surface area (Å²) < 4.78 is 10.5. The number of carbonyl (C=O) groups excluding carboxylic acids is 1. The van der Waals surface area contributed by atoms with Gasteiger partial charge in [0, 0.05) is 46.4 Å². The van der Waals surface area contributed by atoms with Crippen molar-refractivity contribution in [2.75, 3.05) is 66.1 Å². The van der Waals surface area contributed by atoms with E-state index in [0.29, 0.717) is 13.2 Å². The van der Waals surface area contributed by atoms with Crippen molar-refractivity contribution in [2.24, 2.45) is 0 Å². The zero-order valence-corrected chi connectivity index (χ0v) is 15.5. The molecule has 0 aromatic heterocycles. The molecular formula is C14H31Cl2N3O3. The summed E-state index contributed by atoms with van der Waals surface area (Å²) in [6.07, 6.45) is 0.288. The summed E-state index contributed by atoms with van der Waals surface area (Å²) in [6.45, 7) is 11.1. The van der Waals surface area contributed by atoms with Crippen molar-refractivity contribution < 1.29 is 14.3 Å². The van der Waals surface area contributed by atoms with E-state index < -0.39 is 0 Å². The minimum Gasteiger partial charge on any atom is -0.383 e. The predicted molar refractivity (Wildman–Crippen MR) is 93.3 cm³/mol. The molecule has 22 heavy (non-hydrogen) atoms. The molecule has 1 saturated heterocycles. The molecule has 0 saturated carbocycles. The SMILES string of the molecule is COCCNCC(=O)N1CCN(CCOC(C)C)CC1.Cl.Cl. The number of piperazine rings is 1. The van der Waals surface area contributed by atoms with Gasteiger partial charge in [0.1, 0.15) is 0 Å². The van der Waals surface area contributed by atoms with Crippen molar-refractivity contribution in [3.63, 3.8) is 0 Å². The lowest BCUT2D eigenvalue weighted by atomic mass is 10.3. The first-order chi connectivity index (χ1) is 9.63. The van der Waals surface area contributed by atoms with E-state index in [4.69, 9.17) is 9.47 Å². The first kappa shape index (κ1) is 24.1. The third-order valence-electron chi connectivity index (χ3n) is 3.34. The Labute approximate surface area is 146 Å². The Morgan fingerprint density at radius 3 is 2.32 bits per heavy atom. The van der Waals surface area contributed by atoms with Crippen LogP contribution in [0.1, 0.15) is 13.8 Å². The molecule has 0 atom stereocenters. The summed E-state index contributed by atoms with van der Waals surface area (Å²) in [4.78, 5) is 16.2. The highest BCUT2D eigenvalue weighted by Gasteiger charge is 2.20. The highest BCUT2D eigenvalue weighted by Crippen LogP contribution is 2.02. The van der Waals surface area contributed by atoms with E-state index in [2.05, 4.69) is 10.2 Å². The average molecular weight is 360 g/mol. The average Bonchev–Trinajstić information content (AvgIpc) is 2.44. The van der Waals surface area contributed by atoms with Crippen molar-refractivity contribution in [1.82, 2.24) is 15.1 Å². The third kappa shape index (κ3) is 10.6. The fourth-order valence-corrected chi connectivity index (χ4v) is 2.12. The van der Waals surface area contributed by atoms with E-state index in [1.807, 2.05) is 18.7 Å². The Morgan fingerprint density at radius 1 is 1.14 bits per heavy atom. The zero-order chi connectivity index (χ0) is 14.8. The second-order valence-electron chi connectivity index (χ2n) is 5.31. The fourth-order valence-electron chi connectivity index (χ4n) is 2.12. The molecular weight excluding hydrogens is 329 g/mol. The van der Waals surface area contributed by atoms with Crippen LogP contribution in [0, 0.1) is 0 Å². The van der Waals surface area contributed by atoms with Crippen molar-refractivity contribution in [3.05, 3.63) is 0 Å². The molecule has 1 aliphatic rings. The Hall–Kier alpha value is -0.110. The first-order valence-electron chi connectivity index (χ1n) is 7.45. The van der Waals surface area contributed by atoms with Crippen LogP contribution >= 0.6 is 24.8 Å². The molecule has 6 nitrogen and oxygen atoms in total. The molecule has 1 fully saturated rings. The minimum atomic E-state index is 0. The van der Waals surface area contributed by atoms with Gasteiger partial charge in [0.25, 0.3) is 0 Å². The van der Waals surface area contributed by atoms with Gasteiger partial charge in [-0.15, -0.1) is 24.8 Å². The summed E-state index contributed by atoms with van der Waals surface area (Å²) in [5.74, 6) is 0.180. The van der Waals surface area contributed by atoms with Crippen molar-refractivity contribution in [1.29, 1.82) is 0 Å². The Balaban J connectivity index is 0. The molecule has 1 N–H and O–H groups in total. The largest absolute Gasteiger partial charge is 0.383 e. The lowest BCUT2D eigenvalue weighted by molar-refractivity contribution is -0.132. The van der Waals surface area contributed by atoms with Gasteiger partial charge in [0.15, 0.2) is 0 Å². The molecule has 1 heterocycles. The number of methoxy groups -OCH3 is 1. The molecule has 0 aromatic rings. The number of hydrogen-bond acceptors (Lipinski definition) is 5. The van der Waals surface area contributed by atoms with Gasteiger partial charge in [-0.2, -0.15) is 0 Å². The van der Waals surface area contributed by atoms with Gasteiger partial charge in [-0.3, -0.25) is 9.69 Å². The van der Waals surface area contributed by atoms with Gasteiger partial charge in [-0.1, -0.05) is 0 Å². The summed E-state index contributed by atoms with van der Waals surface area (Å²) in [5, 5.41) is 3.09. The third-order valence-corrected chi connectivity index (χ3v) is 3.34. The van der Waals surface area contributed by atoms with Crippen LogP contribution in [0.4, 0.5) is 0 Å². The minimum absolute atomic E-state index is 0. The number of hydrogen-bond donors (Lipinski definition) is 1. The van der Waals surface area contributed by atoms with Gasteiger partial charge >= 0.3 is 0 Å². The molecule has 0 aromatic carbocycles. The topological polar surface area (TPSA) is 54.0 Å². The Kier molecular flexibility index (Phi) is 15.9. The molecule has 0 bridgehead atoms. The van der Waals surface area contributed by atoms with Gasteiger partial charge in [0.05, 0.1) is 25.9 Å². The first-order valence-corrected chi connectivity index (χ1v) is 7.45. The number of rotatable bonds is 9. The van der Waals surface area contributed by atoms with Crippen LogP contribution in [0.15, 0.2) is 0 Å². The summed E-state index contributed by atoms with van der Waals surface area (Å²) in [7, 11) is 1.66. The van der Waals surface area contributed by atoms with Crippen molar-refractivity contribution >= 4 is 30.7 Å². The molecule has 1 amide bonds. The second-order valence-corrected chi connectivity index (χ2v) is 5.31. The maximum absolute atomic E-state index is 12.0. The van der Waals surface area contributed by atoms with E-state index in [9.17, 15) is 4.79 Å². The number of amides is 1. The fraction of sp³-hybridized carbons (Fsp3) is 0.929. The molecule has 0 radical (unpaired) electrons. The molecule has 1 aliphatic heterocycles. The quantitative estimate of drug-likeness (QED) is 0.612. The maximum Gasteiger partial charge on any atom is 0.236 e. The lowest BCUT2D eigenvalue weighted by Crippen LogP contribution is -2.51. The van der Waals surface area contributed by atoms with Gasteiger partial charge < -0.3 is 19.7 Å². The van der Waals surface area contributed by atoms with E-state index in [1.165, 1.54) is 0 Å². The molecule has 0 spiro atoms. The Morgan fingerprint density at radius 2 is 1.77 bits per heavy atom. The van der Waals surface area contributed by atoms with Crippen LogP contribution in [0.2, 0.25) is 0 Å². The van der Waals surface area contributed by atoms with Crippen molar-refractivity contribution in [2.45, 2.75) is 20.0 Å². The Bertz CT molecular complexity index is 276. The highest BCUT2D eigenvalue weighted by atomic mass is 35.5. The zero-order valence-electron chi connectivity index (χ0n) is 13.9. The molecule has 134 valence electrons. The summed E-state index contributed by atoms with van der Waals surface area (Å²) in [5.41, 5.74) is 0. The number of halogens is 2. The predicted octanol–water partition coefficient (Wildman–Crippen LogP) is 0.635. The van der Waals surface area contributed by atoms with E-state index in [-0.39, 0.29) is 36.8 Å². The summed E-state index contributed by atoms with van der Waals surface area (Å²) >= 11 is 0. The molecule has 8 heteroatoms. The van der Waals surface area contributed by atoms with Crippen LogP contribution in [-0.4, -0.2) is 87.9 Å². The number of nitrogens with zero attached hydrogens (tertiary/aromatic N) is 2. The monoisotopic (exact) mass is 359 g/mol. The normalized spacial score (nSPS) is 15.4. The number of nitrogens with one attached hydrogen (secondary N) is 1. The van der Waals surface area contributed by atoms with E-state index in [0.717, 1.165) is 45.9 Å². The van der Waals surface area contributed by atoms with Crippen LogP contribution in [0.5, 0.6) is 0 Å². The molecule has 0 aliphatic carbocycles. The smallest absolute Gasteiger partial charge is 0.236 e. The van der Waals surface area contributed by atoms with Gasteiger partial charge in [-0.05, 0) is 13.8 Å². The van der Waals surface area contributed by atoms with Gasteiger partial charge in [-0.25, -0.2) is 0 Å².